The number of aromatic nitrogens is 2. The molecule has 0 amide bonds. The molecule has 0 saturated heterocycles. The van der Waals surface area contributed by atoms with Crippen molar-refractivity contribution in [3.8, 4) is 0 Å². The van der Waals surface area contributed by atoms with E-state index in [0.29, 0.717) is 19.1 Å². The van der Waals surface area contributed by atoms with Crippen LogP contribution in [0.25, 0.3) is 0 Å². The highest BCUT2D eigenvalue weighted by Crippen LogP contribution is 2.48. The van der Waals surface area contributed by atoms with Crippen molar-refractivity contribution < 1.29 is 8.42 Å². The van der Waals surface area contributed by atoms with Crippen molar-refractivity contribution >= 4 is 10.0 Å². The highest BCUT2D eigenvalue weighted by molar-refractivity contribution is 7.89. The molecule has 2 rings (SSSR count). The Kier molecular flexibility index (Phi) is 5.06. The van der Waals surface area contributed by atoms with Crippen LogP contribution < -0.4 is 10.0 Å². The Balaban J connectivity index is 1.89. The Morgan fingerprint density at radius 1 is 1.43 bits per heavy atom. The third-order valence-corrected chi connectivity index (χ3v) is 5.51. The Morgan fingerprint density at radius 3 is 2.71 bits per heavy atom. The first-order chi connectivity index (χ1) is 9.87. The van der Waals surface area contributed by atoms with Crippen molar-refractivity contribution in [2.75, 3.05) is 13.1 Å². The number of nitrogens with zero attached hydrogens (tertiary/aromatic N) is 2. The highest BCUT2D eigenvalue weighted by Gasteiger charge is 2.41. The molecule has 120 valence electrons. The van der Waals surface area contributed by atoms with Gasteiger partial charge in [0.05, 0.1) is 12.7 Å². The predicted octanol–water partition coefficient (Wildman–Crippen LogP) is 1.35. The molecule has 0 atom stereocenters. The molecule has 1 aromatic heterocycles. The molecule has 6 nitrogen and oxygen atoms in total. The average molecular weight is 314 g/mol. The number of rotatable bonds is 9. The normalized spacial score (nSPS) is 17.3. The molecule has 1 aliphatic carbocycles. The molecule has 0 aromatic carbocycles. The summed E-state index contributed by atoms with van der Waals surface area (Å²) in [7, 11) is -3.44. The van der Waals surface area contributed by atoms with Gasteiger partial charge in [-0.3, -0.25) is 4.68 Å². The molecule has 0 aliphatic heterocycles. The summed E-state index contributed by atoms with van der Waals surface area (Å²) in [6.45, 7) is 8.22. The van der Waals surface area contributed by atoms with Crippen molar-refractivity contribution in [1.29, 1.82) is 0 Å². The van der Waals surface area contributed by atoms with Crippen LogP contribution in [0.5, 0.6) is 0 Å². The van der Waals surface area contributed by atoms with Crippen LogP contribution in [0.1, 0.15) is 40.0 Å². The van der Waals surface area contributed by atoms with E-state index in [4.69, 9.17) is 0 Å². The second kappa shape index (κ2) is 6.46. The molecule has 2 N–H and O–H groups in total. The van der Waals surface area contributed by atoms with Crippen molar-refractivity contribution in [1.82, 2.24) is 19.8 Å². The van der Waals surface area contributed by atoms with Crippen LogP contribution >= 0.6 is 0 Å². The van der Waals surface area contributed by atoms with Crippen LogP contribution in [-0.4, -0.2) is 37.3 Å². The molecule has 21 heavy (non-hydrogen) atoms. The second-order valence-electron chi connectivity index (χ2n) is 6.23. The van der Waals surface area contributed by atoms with Crippen molar-refractivity contribution in [2.24, 2.45) is 5.41 Å². The molecule has 0 spiro atoms. The third-order valence-electron chi connectivity index (χ3n) is 4.16. The molecular formula is C14H26N4O2S. The first kappa shape index (κ1) is 16.5. The smallest absolute Gasteiger partial charge is 0.243 e. The van der Waals surface area contributed by atoms with Gasteiger partial charge in [0, 0.05) is 25.3 Å². The topological polar surface area (TPSA) is 76.0 Å². The fourth-order valence-electron chi connectivity index (χ4n) is 2.24. The molecule has 0 unspecified atom stereocenters. The standard InChI is InChI=1S/C14H26N4O2S/c1-4-14(5-6-14)11-17-21(19,20)13-9-16-18(10-13)8-7-15-12(2)3/h9-10,12,15,17H,4-8,11H2,1-3H3. The van der Waals surface area contributed by atoms with Crippen molar-refractivity contribution in [2.45, 2.75) is 57.5 Å². The lowest BCUT2D eigenvalue weighted by Crippen LogP contribution is -2.30. The zero-order valence-corrected chi connectivity index (χ0v) is 13.9. The highest BCUT2D eigenvalue weighted by atomic mass is 32.2. The van der Waals surface area contributed by atoms with Crippen molar-refractivity contribution in [3.63, 3.8) is 0 Å². The Morgan fingerprint density at radius 2 is 2.14 bits per heavy atom. The van der Waals surface area contributed by atoms with E-state index in [9.17, 15) is 8.42 Å². The number of nitrogens with one attached hydrogen (secondary N) is 2. The Hall–Kier alpha value is -0.920. The van der Waals surface area contributed by atoms with Crippen LogP contribution in [0.2, 0.25) is 0 Å². The fraction of sp³-hybridized carbons (Fsp3) is 0.786. The quantitative estimate of drug-likeness (QED) is 0.721. The fourth-order valence-corrected chi connectivity index (χ4v) is 3.35. The van der Waals surface area contributed by atoms with E-state index >= 15 is 0 Å². The Labute approximate surface area is 127 Å². The van der Waals surface area contributed by atoms with Gasteiger partial charge in [0.15, 0.2) is 0 Å². The molecule has 1 fully saturated rings. The summed E-state index contributed by atoms with van der Waals surface area (Å²) < 4.78 is 28.9. The van der Waals surface area contributed by atoms with E-state index in [1.165, 1.54) is 6.20 Å². The van der Waals surface area contributed by atoms with Gasteiger partial charge in [-0.15, -0.1) is 0 Å². The SMILES string of the molecule is CCC1(CNS(=O)(=O)c2cnn(CCNC(C)C)c2)CC1. The van der Waals surface area contributed by atoms with Crippen LogP contribution in [-0.2, 0) is 16.6 Å². The first-order valence-corrected chi connectivity index (χ1v) is 9.11. The molecule has 1 aliphatic rings. The summed E-state index contributed by atoms with van der Waals surface area (Å²) in [5, 5.41) is 7.39. The van der Waals surface area contributed by atoms with Gasteiger partial charge in [-0.2, -0.15) is 5.10 Å². The van der Waals surface area contributed by atoms with Gasteiger partial charge in [-0.05, 0) is 24.7 Å². The van der Waals surface area contributed by atoms with E-state index in [1.54, 1.807) is 10.9 Å². The lowest BCUT2D eigenvalue weighted by atomic mass is 10.1. The van der Waals surface area contributed by atoms with Crippen LogP contribution in [0.15, 0.2) is 17.3 Å². The summed E-state index contributed by atoms with van der Waals surface area (Å²) >= 11 is 0. The Bertz CT molecular complexity index is 561. The zero-order chi connectivity index (χ0) is 15.5. The molecular weight excluding hydrogens is 288 g/mol. The first-order valence-electron chi connectivity index (χ1n) is 7.62. The summed E-state index contributed by atoms with van der Waals surface area (Å²) in [6.07, 6.45) is 6.27. The summed E-state index contributed by atoms with van der Waals surface area (Å²) in [5.41, 5.74) is 0.199. The van der Waals surface area contributed by atoms with Gasteiger partial charge >= 0.3 is 0 Å². The molecule has 1 aromatic rings. The van der Waals surface area contributed by atoms with E-state index < -0.39 is 10.0 Å². The largest absolute Gasteiger partial charge is 0.313 e. The van der Waals surface area contributed by atoms with Gasteiger partial charge in [-0.25, -0.2) is 13.1 Å². The lowest BCUT2D eigenvalue weighted by Gasteiger charge is -2.12. The van der Waals surface area contributed by atoms with E-state index in [-0.39, 0.29) is 10.3 Å². The van der Waals surface area contributed by atoms with Gasteiger partial charge in [0.1, 0.15) is 4.90 Å². The average Bonchev–Trinajstić information content (AvgIpc) is 3.06. The number of hydrogen-bond acceptors (Lipinski definition) is 4. The number of sulfonamides is 1. The predicted molar refractivity (Wildman–Crippen MR) is 82.5 cm³/mol. The second-order valence-corrected chi connectivity index (χ2v) is 7.99. The maximum absolute atomic E-state index is 12.2. The van der Waals surface area contributed by atoms with Gasteiger partial charge < -0.3 is 5.32 Å². The summed E-state index contributed by atoms with van der Waals surface area (Å²) in [5.74, 6) is 0. The number of hydrogen-bond donors (Lipinski definition) is 2. The van der Waals surface area contributed by atoms with Crippen LogP contribution in [0, 0.1) is 5.41 Å². The monoisotopic (exact) mass is 314 g/mol. The summed E-state index contributed by atoms with van der Waals surface area (Å²) in [6, 6.07) is 0.411. The lowest BCUT2D eigenvalue weighted by molar-refractivity contribution is 0.475. The van der Waals surface area contributed by atoms with Gasteiger partial charge in [-0.1, -0.05) is 20.8 Å². The molecule has 1 saturated carbocycles. The van der Waals surface area contributed by atoms with E-state index in [0.717, 1.165) is 25.8 Å². The maximum Gasteiger partial charge on any atom is 0.243 e. The van der Waals surface area contributed by atoms with Gasteiger partial charge in [0.2, 0.25) is 10.0 Å². The van der Waals surface area contributed by atoms with E-state index in [1.807, 2.05) is 0 Å². The minimum absolute atomic E-state index is 0.199. The molecule has 0 radical (unpaired) electrons. The molecule has 0 bridgehead atoms. The minimum atomic E-state index is -3.44. The molecule has 7 heteroatoms. The maximum atomic E-state index is 12.2. The minimum Gasteiger partial charge on any atom is -0.313 e. The summed E-state index contributed by atoms with van der Waals surface area (Å²) in [4.78, 5) is 0.249. The third kappa shape index (κ3) is 4.52. The van der Waals surface area contributed by atoms with E-state index in [2.05, 4.69) is 35.9 Å². The zero-order valence-electron chi connectivity index (χ0n) is 13.1. The molecule has 1 heterocycles. The van der Waals surface area contributed by atoms with Crippen LogP contribution in [0.4, 0.5) is 0 Å². The van der Waals surface area contributed by atoms with Gasteiger partial charge in [0.25, 0.3) is 0 Å². The van der Waals surface area contributed by atoms with Crippen molar-refractivity contribution in [3.05, 3.63) is 12.4 Å². The van der Waals surface area contributed by atoms with Crippen LogP contribution in [0.3, 0.4) is 0 Å².